The van der Waals surface area contributed by atoms with Gasteiger partial charge in [0.15, 0.2) is 0 Å². The summed E-state index contributed by atoms with van der Waals surface area (Å²) in [6.45, 7) is 3.49. The van der Waals surface area contributed by atoms with E-state index in [2.05, 4.69) is 23.6 Å². The second kappa shape index (κ2) is 12.0. The number of nitro benzene ring substituents is 1. The van der Waals surface area contributed by atoms with Gasteiger partial charge in [0, 0.05) is 48.7 Å². The van der Waals surface area contributed by atoms with Gasteiger partial charge in [-0.15, -0.1) is 0 Å². The van der Waals surface area contributed by atoms with E-state index >= 15 is 0 Å². The number of rotatable bonds is 11. The van der Waals surface area contributed by atoms with Crippen LogP contribution in [0, 0.1) is 17.0 Å². The van der Waals surface area contributed by atoms with Crippen LogP contribution in [0.5, 0.6) is 0 Å². The number of nitro groups is 1. The molecule has 204 valence electrons. The fourth-order valence-electron chi connectivity index (χ4n) is 4.87. The van der Waals surface area contributed by atoms with E-state index in [4.69, 9.17) is 0 Å². The SMILES string of the molecule is Cc1ccccc1Cn1cccc1CN(Cc1ccccc1)C(=O)CN(C(=O)c1cccc([N+](=O)[O-])c1)C1CC1. The van der Waals surface area contributed by atoms with E-state index < -0.39 is 4.92 Å². The van der Waals surface area contributed by atoms with Gasteiger partial charge >= 0.3 is 0 Å². The second-order valence-corrected chi connectivity index (χ2v) is 10.3. The van der Waals surface area contributed by atoms with Gasteiger partial charge < -0.3 is 14.4 Å². The molecule has 8 heteroatoms. The molecule has 8 nitrogen and oxygen atoms in total. The summed E-state index contributed by atoms with van der Waals surface area (Å²) in [5.74, 6) is -0.527. The largest absolute Gasteiger partial charge is 0.345 e. The molecule has 0 saturated heterocycles. The lowest BCUT2D eigenvalue weighted by atomic mass is 10.1. The van der Waals surface area contributed by atoms with Crippen molar-refractivity contribution in [2.24, 2.45) is 0 Å². The van der Waals surface area contributed by atoms with Gasteiger partial charge in [-0.05, 0) is 54.7 Å². The molecule has 40 heavy (non-hydrogen) atoms. The highest BCUT2D eigenvalue weighted by molar-refractivity contribution is 5.97. The quantitative estimate of drug-likeness (QED) is 0.185. The van der Waals surface area contributed by atoms with E-state index in [-0.39, 0.29) is 35.7 Å². The number of amides is 2. The average Bonchev–Trinajstić information content (AvgIpc) is 3.72. The Labute approximate surface area is 233 Å². The molecule has 1 saturated carbocycles. The number of hydrogen-bond acceptors (Lipinski definition) is 4. The minimum atomic E-state index is -0.517. The van der Waals surface area contributed by atoms with Gasteiger partial charge in [0.25, 0.3) is 11.6 Å². The molecular formula is C32H32N4O4. The van der Waals surface area contributed by atoms with Crippen molar-refractivity contribution in [2.45, 2.75) is 45.4 Å². The van der Waals surface area contributed by atoms with Crippen molar-refractivity contribution in [1.82, 2.24) is 14.4 Å². The Morgan fingerprint density at radius 2 is 1.68 bits per heavy atom. The Balaban J connectivity index is 1.38. The molecule has 4 aromatic rings. The first-order valence-corrected chi connectivity index (χ1v) is 13.4. The Hall–Kier alpha value is -4.72. The number of non-ortho nitro benzene ring substituents is 1. The van der Waals surface area contributed by atoms with Crippen molar-refractivity contribution in [3.63, 3.8) is 0 Å². The fraction of sp³-hybridized carbons (Fsp3) is 0.250. The number of nitrogens with zero attached hydrogens (tertiary/aromatic N) is 4. The molecule has 1 heterocycles. The summed E-state index contributed by atoms with van der Waals surface area (Å²) < 4.78 is 2.15. The van der Waals surface area contributed by atoms with Crippen LogP contribution in [-0.2, 0) is 24.4 Å². The number of benzene rings is 3. The molecule has 1 fully saturated rings. The van der Waals surface area contributed by atoms with Crippen molar-refractivity contribution < 1.29 is 14.5 Å². The third kappa shape index (κ3) is 6.46. The van der Waals surface area contributed by atoms with Crippen LogP contribution in [0.4, 0.5) is 5.69 Å². The first-order valence-electron chi connectivity index (χ1n) is 13.4. The molecular weight excluding hydrogens is 504 g/mol. The van der Waals surface area contributed by atoms with Crippen LogP contribution < -0.4 is 0 Å². The van der Waals surface area contributed by atoms with Gasteiger partial charge in [-0.3, -0.25) is 19.7 Å². The third-order valence-electron chi connectivity index (χ3n) is 7.31. The van der Waals surface area contributed by atoms with Crippen LogP contribution in [0.3, 0.4) is 0 Å². The third-order valence-corrected chi connectivity index (χ3v) is 7.31. The van der Waals surface area contributed by atoms with Crippen molar-refractivity contribution in [1.29, 1.82) is 0 Å². The second-order valence-electron chi connectivity index (χ2n) is 10.3. The molecule has 0 atom stereocenters. The first-order chi connectivity index (χ1) is 19.4. The van der Waals surface area contributed by atoms with Crippen LogP contribution in [-0.4, -0.2) is 43.7 Å². The zero-order chi connectivity index (χ0) is 28.1. The van der Waals surface area contributed by atoms with Crippen molar-refractivity contribution in [3.05, 3.63) is 135 Å². The topological polar surface area (TPSA) is 88.7 Å². The predicted octanol–water partition coefficient (Wildman–Crippen LogP) is 5.59. The molecule has 0 radical (unpaired) electrons. The van der Waals surface area contributed by atoms with Crippen LogP contribution in [0.1, 0.15) is 45.6 Å². The molecule has 3 aromatic carbocycles. The highest BCUT2D eigenvalue weighted by atomic mass is 16.6. The number of carbonyl (C=O) groups excluding carboxylic acids is 2. The average molecular weight is 537 g/mol. The molecule has 0 N–H and O–H groups in total. The van der Waals surface area contributed by atoms with Crippen LogP contribution in [0.15, 0.2) is 97.2 Å². The van der Waals surface area contributed by atoms with Crippen molar-refractivity contribution >= 4 is 17.5 Å². The maximum atomic E-state index is 13.9. The summed E-state index contributed by atoms with van der Waals surface area (Å²) in [6, 6.07) is 27.7. The molecule has 1 aliphatic carbocycles. The Morgan fingerprint density at radius 1 is 0.925 bits per heavy atom. The molecule has 0 unspecified atom stereocenters. The lowest BCUT2D eigenvalue weighted by Gasteiger charge is -2.28. The highest BCUT2D eigenvalue weighted by Gasteiger charge is 2.35. The molecule has 0 bridgehead atoms. The molecule has 1 aromatic heterocycles. The maximum Gasteiger partial charge on any atom is 0.270 e. The number of hydrogen-bond donors (Lipinski definition) is 0. The van der Waals surface area contributed by atoms with Gasteiger partial charge in [0.2, 0.25) is 5.91 Å². The summed E-state index contributed by atoms with van der Waals surface area (Å²) in [4.78, 5) is 41.4. The molecule has 5 rings (SSSR count). The van der Waals surface area contributed by atoms with Gasteiger partial charge in [0.05, 0.1) is 11.5 Å². The Bertz CT molecular complexity index is 1510. The monoisotopic (exact) mass is 536 g/mol. The summed E-state index contributed by atoms with van der Waals surface area (Å²) in [7, 11) is 0. The van der Waals surface area contributed by atoms with Gasteiger partial charge in [0.1, 0.15) is 6.54 Å². The minimum absolute atomic E-state index is 0.0424. The first kappa shape index (κ1) is 26.9. The van der Waals surface area contributed by atoms with Gasteiger partial charge in [-0.1, -0.05) is 60.7 Å². The summed E-state index contributed by atoms with van der Waals surface area (Å²) >= 11 is 0. The smallest absolute Gasteiger partial charge is 0.270 e. The minimum Gasteiger partial charge on any atom is -0.345 e. The van der Waals surface area contributed by atoms with Gasteiger partial charge in [-0.25, -0.2) is 0 Å². The lowest BCUT2D eigenvalue weighted by Crippen LogP contribution is -2.43. The lowest BCUT2D eigenvalue weighted by molar-refractivity contribution is -0.384. The normalized spacial score (nSPS) is 12.6. The van der Waals surface area contributed by atoms with E-state index in [1.807, 2.05) is 60.8 Å². The summed E-state index contributed by atoms with van der Waals surface area (Å²) in [6.07, 6.45) is 3.65. The molecule has 0 aliphatic heterocycles. The molecule has 1 aliphatic rings. The van der Waals surface area contributed by atoms with Crippen LogP contribution in [0.2, 0.25) is 0 Å². The van der Waals surface area contributed by atoms with Crippen LogP contribution >= 0.6 is 0 Å². The van der Waals surface area contributed by atoms with Gasteiger partial charge in [-0.2, -0.15) is 0 Å². The highest BCUT2D eigenvalue weighted by Crippen LogP contribution is 2.29. The van der Waals surface area contributed by atoms with E-state index in [0.29, 0.717) is 19.6 Å². The number of aromatic nitrogens is 1. The van der Waals surface area contributed by atoms with Crippen LogP contribution in [0.25, 0.3) is 0 Å². The van der Waals surface area contributed by atoms with E-state index in [9.17, 15) is 19.7 Å². The van der Waals surface area contributed by atoms with E-state index in [1.54, 1.807) is 15.9 Å². The Morgan fingerprint density at radius 3 is 2.40 bits per heavy atom. The number of aryl methyl sites for hydroxylation is 1. The maximum absolute atomic E-state index is 13.9. The summed E-state index contributed by atoms with van der Waals surface area (Å²) in [5.41, 5.74) is 4.48. The zero-order valence-electron chi connectivity index (χ0n) is 22.5. The number of carbonyl (C=O) groups is 2. The Kier molecular flexibility index (Phi) is 8.05. The standard InChI is InChI=1S/C32H32N4O4/c1-24-9-5-6-12-27(24)21-33-18-8-15-30(33)22-34(20-25-10-3-2-4-11-25)31(37)23-35(28-16-17-28)32(38)26-13-7-14-29(19-26)36(39)40/h2-15,18-19,28H,16-17,20-23H2,1H3. The zero-order valence-corrected chi connectivity index (χ0v) is 22.5. The predicted molar refractivity (Wildman–Crippen MR) is 153 cm³/mol. The van der Waals surface area contributed by atoms with E-state index in [1.165, 1.54) is 29.3 Å². The molecule has 0 spiro atoms. The van der Waals surface area contributed by atoms with E-state index in [0.717, 1.165) is 24.1 Å². The van der Waals surface area contributed by atoms with Crippen molar-refractivity contribution in [3.8, 4) is 0 Å². The summed E-state index contributed by atoms with van der Waals surface area (Å²) in [5, 5.41) is 11.3. The fourth-order valence-corrected chi connectivity index (χ4v) is 4.87. The molecule has 2 amide bonds. The van der Waals surface area contributed by atoms with Crippen molar-refractivity contribution in [2.75, 3.05) is 6.54 Å².